The van der Waals surface area contributed by atoms with Gasteiger partial charge in [-0.15, -0.1) is 0 Å². The molecule has 0 atom stereocenters. The number of nitrogens with one attached hydrogen (secondary N) is 1. The molecule has 1 fully saturated rings. The molecule has 0 spiro atoms. The first-order valence-electron chi connectivity index (χ1n) is 10.00. The Hall–Kier alpha value is -3.60. The standard InChI is InChI=1S/C25H22N2O3/c1-16-7-8-18(29-2)15-20(16)24(28)27-25(9-10-25)21-13-17(23-6-4-12-30-23)14-22-19(21)5-3-11-26-22/h3-8,11-15H,9-10H2,1-2H3,(H,27,28). The number of methoxy groups -OCH3 is 1. The molecule has 2 heterocycles. The largest absolute Gasteiger partial charge is 0.497 e. The van der Waals surface area contributed by atoms with Crippen LogP contribution in [0.5, 0.6) is 5.75 Å². The summed E-state index contributed by atoms with van der Waals surface area (Å²) in [4.78, 5) is 17.8. The molecule has 5 nitrogen and oxygen atoms in total. The fraction of sp³-hybridized carbons (Fsp3) is 0.200. The number of benzene rings is 2. The number of carbonyl (C=O) groups is 1. The number of carbonyl (C=O) groups excluding carboxylic acids is 1. The number of hydrogen-bond acceptors (Lipinski definition) is 4. The van der Waals surface area contributed by atoms with Gasteiger partial charge in [0.25, 0.3) is 5.91 Å². The Morgan fingerprint density at radius 1 is 1.13 bits per heavy atom. The lowest BCUT2D eigenvalue weighted by Crippen LogP contribution is -2.35. The SMILES string of the molecule is COc1ccc(C)c(C(=O)NC2(c3cc(-c4ccco4)cc4ncccc34)CC2)c1. The van der Waals surface area contributed by atoms with Crippen molar-refractivity contribution < 1.29 is 13.9 Å². The lowest BCUT2D eigenvalue weighted by atomic mass is 9.95. The van der Waals surface area contributed by atoms with E-state index in [1.807, 2.05) is 43.3 Å². The summed E-state index contributed by atoms with van der Waals surface area (Å²) < 4.78 is 10.9. The number of furan rings is 1. The van der Waals surface area contributed by atoms with E-state index in [1.54, 1.807) is 25.6 Å². The Labute approximate surface area is 174 Å². The molecule has 1 saturated carbocycles. The van der Waals surface area contributed by atoms with E-state index >= 15 is 0 Å². The van der Waals surface area contributed by atoms with Crippen molar-refractivity contribution >= 4 is 16.8 Å². The Bertz CT molecular complexity index is 1240. The molecule has 2 aromatic heterocycles. The highest BCUT2D eigenvalue weighted by Gasteiger charge is 2.47. The molecule has 5 heteroatoms. The zero-order valence-electron chi connectivity index (χ0n) is 16.9. The molecule has 4 aromatic rings. The molecule has 1 N–H and O–H groups in total. The number of ether oxygens (including phenoxy) is 1. The van der Waals surface area contributed by atoms with Crippen molar-refractivity contribution in [2.45, 2.75) is 25.3 Å². The Morgan fingerprint density at radius 3 is 2.73 bits per heavy atom. The van der Waals surface area contributed by atoms with Crippen LogP contribution in [0.4, 0.5) is 0 Å². The molecule has 150 valence electrons. The van der Waals surface area contributed by atoms with Gasteiger partial charge in [0.2, 0.25) is 0 Å². The van der Waals surface area contributed by atoms with Crippen molar-refractivity contribution in [3.8, 4) is 17.1 Å². The molecule has 1 amide bonds. The predicted octanol–water partition coefficient (Wildman–Crippen LogP) is 5.23. The second kappa shape index (κ2) is 7.02. The minimum atomic E-state index is -0.406. The molecular formula is C25H22N2O3. The maximum atomic E-state index is 13.2. The average Bonchev–Trinajstić information content (AvgIpc) is 3.33. The molecule has 0 unspecified atom stereocenters. The van der Waals surface area contributed by atoms with Crippen molar-refractivity contribution in [3.05, 3.63) is 83.7 Å². The van der Waals surface area contributed by atoms with Crippen LogP contribution in [0.15, 0.2) is 71.5 Å². The molecule has 5 rings (SSSR count). The summed E-state index contributed by atoms with van der Waals surface area (Å²) in [5.74, 6) is 1.36. The molecule has 2 aromatic carbocycles. The van der Waals surface area contributed by atoms with Gasteiger partial charge in [0, 0.05) is 22.7 Å². The second-order valence-electron chi connectivity index (χ2n) is 7.79. The van der Waals surface area contributed by atoms with Crippen molar-refractivity contribution in [2.24, 2.45) is 0 Å². The lowest BCUT2D eigenvalue weighted by molar-refractivity contribution is 0.0930. The van der Waals surface area contributed by atoms with E-state index in [0.29, 0.717) is 11.3 Å². The van der Waals surface area contributed by atoms with Gasteiger partial charge in [-0.3, -0.25) is 9.78 Å². The van der Waals surface area contributed by atoms with Gasteiger partial charge in [-0.25, -0.2) is 0 Å². The Balaban J connectivity index is 1.57. The second-order valence-corrected chi connectivity index (χ2v) is 7.79. The van der Waals surface area contributed by atoms with Crippen molar-refractivity contribution in [3.63, 3.8) is 0 Å². The van der Waals surface area contributed by atoms with E-state index in [9.17, 15) is 4.79 Å². The number of amides is 1. The zero-order valence-corrected chi connectivity index (χ0v) is 16.9. The van der Waals surface area contributed by atoms with Gasteiger partial charge in [0.1, 0.15) is 11.5 Å². The maximum absolute atomic E-state index is 13.2. The summed E-state index contributed by atoms with van der Waals surface area (Å²) in [5, 5.41) is 4.35. The molecule has 1 aliphatic carbocycles. The number of pyridine rings is 1. The van der Waals surface area contributed by atoms with E-state index in [0.717, 1.165) is 46.2 Å². The predicted molar refractivity (Wildman–Crippen MR) is 116 cm³/mol. The van der Waals surface area contributed by atoms with E-state index in [-0.39, 0.29) is 5.91 Å². The van der Waals surface area contributed by atoms with E-state index in [4.69, 9.17) is 9.15 Å². The fourth-order valence-electron chi connectivity index (χ4n) is 4.01. The normalized spacial score (nSPS) is 14.5. The smallest absolute Gasteiger partial charge is 0.252 e. The number of fused-ring (bicyclic) bond motifs is 1. The monoisotopic (exact) mass is 398 g/mol. The summed E-state index contributed by atoms with van der Waals surface area (Å²) >= 11 is 0. The minimum absolute atomic E-state index is 0.0932. The third kappa shape index (κ3) is 3.12. The third-order valence-corrected chi connectivity index (χ3v) is 5.83. The Morgan fingerprint density at radius 2 is 2.00 bits per heavy atom. The molecule has 0 radical (unpaired) electrons. The lowest BCUT2D eigenvalue weighted by Gasteiger charge is -2.21. The highest BCUT2D eigenvalue weighted by Crippen LogP contribution is 2.49. The summed E-state index contributed by atoms with van der Waals surface area (Å²) in [6.07, 6.45) is 5.22. The quantitative estimate of drug-likeness (QED) is 0.500. The molecule has 0 bridgehead atoms. The number of aryl methyl sites for hydroxylation is 1. The molecular weight excluding hydrogens is 376 g/mol. The first-order valence-corrected chi connectivity index (χ1v) is 10.00. The van der Waals surface area contributed by atoms with Gasteiger partial charge in [-0.05, 0) is 73.4 Å². The molecule has 30 heavy (non-hydrogen) atoms. The first-order chi connectivity index (χ1) is 14.6. The van der Waals surface area contributed by atoms with Crippen LogP contribution in [0, 0.1) is 6.92 Å². The fourth-order valence-corrected chi connectivity index (χ4v) is 4.01. The van der Waals surface area contributed by atoms with Crippen molar-refractivity contribution in [1.29, 1.82) is 0 Å². The number of hydrogen-bond donors (Lipinski definition) is 1. The van der Waals surface area contributed by atoms with Crippen LogP contribution >= 0.6 is 0 Å². The summed E-state index contributed by atoms with van der Waals surface area (Å²) in [6.45, 7) is 1.94. The summed E-state index contributed by atoms with van der Waals surface area (Å²) in [5.41, 5.74) is 4.06. The van der Waals surface area contributed by atoms with Crippen LogP contribution in [-0.2, 0) is 5.54 Å². The average molecular weight is 398 g/mol. The first kappa shape index (κ1) is 18.4. The van der Waals surface area contributed by atoms with E-state index < -0.39 is 5.54 Å². The summed E-state index contributed by atoms with van der Waals surface area (Å²) in [7, 11) is 1.61. The van der Waals surface area contributed by atoms with Crippen LogP contribution in [0.2, 0.25) is 0 Å². The topological polar surface area (TPSA) is 64.4 Å². The van der Waals surface area contributed by atoms with Crippen LogP contribution in [0.1, 0.15) is 34.3 Å². The highest BCUT2D eigenvalue weighted by atomic mass is 16.5. The van der Waals surface area contributed by atoms with Crippen molar-refractivity contribution in [1.82, 2.24) is 10.3 Å². The van der Waals surface area contributed by atoms with Gasteiger partial charge in [0.05, 0.1) is 24.4 Å². The Kier molecular flexibility index (Phi) is 4.31. The van der Waals surface area contributed by atoms with E-state index in [2.05, 4.69) is 22.4 Å². The molecule has 0 saturated heterocycles. The highest BCUT2D eigenvalue weighted by molar-refractivity contribution is 5.98. The van der Waals surface area contributed by atoms with Gasteiger partial charge < -0.3 is 14.5 Å². The number of aromatic nitrogens is 1. The van der Waals surface area contributed by atoms with Crippen LogP contribution in [0.25, 0.3) is 22.2 Å². The van der Waals surface area contributed by atoms with Gasteiger partial charge >= 0.3 is 0 Å². The third-order valence-electron chi connectivity index (χ3n) is 5.83. The van der Waals surface area contributed by atoms with Crippen LogP contribution in [0.3, 0.4) is 0 Å². The maximum Gasteiger partial charge on any atom is 0.252 e. The number of nitrogens with zero attached hydrogens (tertiary/aromatic N) is 1. The molecule has 1 aliphatic rings. The van der Waals surface area contributed by atoms with Crippen molar-refractivity contribution in [2.75, 3.05) is 7.11 Å². The summed E-state index contributed by atoms with van der Waals surface area (Å²) in [6, 6.07) is 17.5. The van der Waals surface area contributed by atoms with Gasteiger partial charge in [0.15, 0.2) is 0 Å². The van der Waals surface area contributed by atoms with Crippen LogP contribution in [-0.4, -0.2) is 18.0 Å². The van der Waals surface area contributed by atoms with Gasteiger partial charge in [-0.1, -0.05) is 12.1 Å². The number of rotatable bonds is 5. The molecule has 0 aliphatic heterocycles. The van der Waals surface area contributed by atoms with Crippen LogP contribution < -0.4 is 10.1 Å². The minimum Gasteiger partial charge on any atom is -0.497 e. The van der Waals surface area contributed by atoms with E-state index in [1.165, 1.54) is 0 Å². The van der Waals surface area contributed by atoms with Gasteiger partial charge in [-0.2, -0.15) is 0 Å². The zero-order chi connectivity index (χ0) is 20.7.